The Bertz CT molecular complexity index is 440. The highest BCUT2D eigenvalue weighted by atomic mass is 19.1. The fraction of sp³-hybridized carbons (Fsp3) is 0.647. The topological polar surface area (TPSA) is 32.5 Å². The number of nitrogens with two attached hydrogens (primary N) is 1. The standard InChI is InChI=1S/C17H28FN3/c1-17(13-19,12-14-4-6-15(18)7-5-14)21(3)16-8-10-20(2)11-9-16/h4-7,16H,8-13,19H2,1-3H3. The zero-order chi connectivity index (χ0) is 15.5. The summed E-state index contributed by atoms with van der Waals surface area (Å²) in [6.45, 7) is 5.11. The zero-order valence-electron chi connectivity index (χ0n) is 13.5. The van der Waals surface area contributed by atoms with Gasteiger partial charge in [0.2, 0.25) is 0 Å². The molecule has 1 saturated heterocycles. The van der Waals surface area contributed by atoms with Gasteiger partial charge in [0.05, 0.1) is 0 Å². The fourth-order valence-electron chi connectivity index (χ4n) is 3.21. The van der Waals surface area contributed by atoms with Crippen LogP contribution in [0.5, 0.6) is 0 Å². The molecule has 1 fully saturated rings. The smallest absolute Gasteiger partial charge is 0.123 e. The number of benzene rings is 1. The molecule has 2 rings (SSSR count). The van der Waals surface area contributed by atoms with Gasteiger partial charge in [-0.25, -0.2) is 4.39 Å². The summed E-state index contributed by atoms with van der Waals surface area (Å²) >= 11 is 0. The van der Waals surface area contributed by atoms with Gasteiger partial charge in [-0.1, -0.05) is 12.1 Å². The molecule has 0 radical (unpaired) electrons. The Morgan fingerprint density at radius 2 is 1.86 bits per heavy atom. The average molecular weight is 293 g/mol. The van der Waals surface area contributed by atoms with Crippen LogP contribution in [0.3, 0.4) is 0 Å². The van der Waals surface area contributed by atoms with Crippen LogP contribution in [0.15, 0.2) is 24.3 Å². The first-order valence-electron chi connectivity index (χ1n) is 7.80. The van der Waals surface area contributed by atoms with Crippen LogP contribution < -0.4 is 5.73 Å². The van der Waals surface area contributed by atoms with Crippen LogP contribution in [-0.2, 0) is 6.42 Å². The van der Waals surface area contributed by atoms with E-state index in [-0.39, 0.29) is 11.4 Å². The highest BCUT2D eigenvalue weighted by Crippen LogP contribution is 2.25. The molecule has 0 aromatic heterocycles. The van der Waals surface area contributed by atoms with Crippen LogP contribution in [0, 0.1) is 5.82 Å². The minimum atomic E-state index is -0.183. The van der Waals surface area contributed by atoms with Crippen molar-refractivity contribution in [2.24, 2.45) is 5.73 Å². The lowest BCUT2D eigenvalue weighted by molar-refractivity contribution is 0.0544. The van der Waals surface area contributed by atoms with Crippen molar-refractivity contribution in [3.8, 4) is 0 Å². The Labute approximate surface area is 127 Å². The lowest BCUT2D eigenvalue weighted by Gasteiger charge is -2.45. The molecular weight excluding hydrogens is 265 g/mol. The van der Waals surface area contributed by atoms with Gasteiger partial charge in [0.15, 0.2) is 0 Å². The van der Waals surface area contributed by atoms with E-state index in [1.54, 1.807) is 0 Å². The van der Waals surface area contributed by atoms with Gasteiger partial charge >= 0.3 is 0 Å². The van der Waals surface area contributed by atoms with Crippen LogP contribution in [0.4, 0.5) is 4.39 Å². The first-order chi connectivity index (χ1) is 9.94. The van der Waals surface area contributed by atoms with Crippen molar-refractivity contribution in [3.05, 3.63) is 35.6 Å². The predicted molar refractivity (Wildman–Crippen MR) is 85.8 cm³/mol. The minimum absolute atomic E-state index is 0.0849. The monoisotopic (exact) mass is 293 g/mol. The van der Waals surface area contributed by atoms with Gasteiger partial charge < -0.3 is 10.6 Å². The maximum absolute atomic E-state index is 13.0. The molecule has 1 unspecified atom stereocenters. The second kappa shape index (κ2) is 6.86. The lowest BCUT2D eigenvalue weighted by atomic mass is 9.88. The maximum Gasteiger partial charge on any atom is 0.123 e. The third-order valence-electron chi connectivity index (χ3n) is 5.03. The summed E-state index contributed by atoms with van der Waals surface area (Å²) in [7, 11) is 4.36. The van der Waals surface area contributed by atoms with Crippen molar-refractivity contribution in [1.82, 2.24) is 9.80 Å². The molecule has 0 spiro atoms. The largest absolute Gasteiger partial charge is 0.329 e. The summed E-state index contributed by atoms with van der Waals surface area (Å²) in [5, 5.41) is 0. The van der Waals surface area contributed by atoms with E-state index in [0.29, 0.717) is 12.6 Å². The number of likely N-dealkylation sites (tertiary alicyclic amines) is 1. The summed E-state index contributed by atoms with van der Waals surface area (Å²) < 4.78 is 13.0. The third-order valence-corrected chi connectivity index (χ3v) is 5.03. The van der Waals surface area contributed by atoms with E-state index in [1.807, 2.05) is 12.1 Å². The molecule has 4 heteroatoms. The Hall–Kier alpha value is -0.970. The number of hydrogen-bond acceptors (Lipinski definition) is 3. The molecule has 0 bridgehead atoms. The van der Waals surface area contributed by atoms with E-state index >= 15 is 0 Å². The van der Waals surface area contributed by atoms with Crippen molar-refractivity contribution in [3.63, 3.8) is 0 Å². The van der Waals surface area contributed by atoms with Gasteiger partial charge in [0.25, 0.3) is 0 Å². The van der Waals surface area contributed by atoms with E-state index in [2.05, 4.69) is 30.8 Å². The van der Waals surface area contributed by atoms with Crippen LogP contribution in [-0.4, -0.2) is 55.1 Å². The highest BCUT2D eigenvalue weighted by Gasteiger charge is 2.34. The third kappa shape index (κ3) is 4.02. The van der Waals surface area contributed by atoms with Crippen LogP contribution in [0.2, 0.25) is 0 Å². The second-order valence-electron chi connectivity index (χ2n) is 6.65. The summed E-state index contributed by atoms with van der Waals surface area (Å²) in [4.78, 5) is 4.83. The van der Waals surface area contributed by atoms with Gasteiger partial charge in [-0.05, 0) is 71.1 Å². The normalized spacial score (nSPS) is 20.7. The van der Waals surface area contributed by atoms with Gasteiger partial charge in [0, 0.05) is 18.1 Å². The molecule has 118 valence electrons. The molecule has 1 heterocycles. The zero-order valence-corrected chi connectivity index (χ0v) is 13.5. The van der Waals surface area contributed by atoms with Gasteiger partial charge in [-0.3, -0.25) is 4.90 Å². The van der Waals surface area contributed by atoms with Gasteiger partial charge in [0.1, 0.15) is 5.82 Å². The Kier molecular flexibility index (Phi) is 5.36. The predicted octanol–water partition coefficient (Wildman–Crippen LogP) is 2.11. The Morgan fingerprint density at radius 1 is 1.29 bits per heavy atom. The van der Waals surface area contributed by atoms with E-state index in [9.17, 15) is 4.39 Å². The number of hydrogen-bond donors (Lipinski definition) is 1. The number of likely N-dealkylation sites (N-methyl/N-ethyl adjacent to an activating group) is 1. The molecule has 1 aromatic rings. The molecular formula is C17H28FN3. The van der Waals surface area contributed by atoms with Crippen molar-refractivity contribution in [1.29, 1.82) is 0 Å². The minimum Gasteiger partial charge on any atom is -0.329 e. The number of piperidine rings is 1. The maximum atomic E-state index is 13.0. The Balaban J connectivity index is 2.06. The number of rotatable bonds is 5. The molecule has 21 heavy (non-hydrogen) atoms. The number of nitrogens with zero attached hydrogens (tertiary/aromatic N) is 2. The Morgan fingerprint density at radius 3 is 2.38 bits per heavy atom. The van der Waals surface area contributed by atoms with E-state index in [1.165, 1.54) is 25.0 Å². The summed E-state index contributed by atoms with van der Waals surface area (Å²) in [5.74, 6) is -0.183. The van der Waals surface area contributed by atoms with Crippen LogP contribution in [0.1, 0.15) is 25.3 Å². The van der Waals surface area contributed by atoms with E-state index < -0.39 is 0 Å². The molecule has 1 aliphatic heterocycles. The van der Waals surface area contributed by atoms with Gasteiger partial charge in [-0.15, -0.1) is 0 Å². The first kappa shape index (κ1) is 16.4. The second-order valence-corrected chi connectivity index (χ2v) is 6.65. The van der Waals surface area contributed by atoms with Crippen LogP contribution in [0.25, 0.3) is 0 Å². The molecule has 3 nitrogen and oxygen atoms in total. The van der Waals surface area contributed by atoms with Crippen molar-refractivity contribution < 1.29 is 4.39 Å². The SMILES string of the molecule is CN1CCC(N(C)C(C)(CN)Cc2ccc(F)cc2)CC1. The lowest BCUT2D eigenvalue weighted by Crippen LogP contribution is -2.57. The summed E-state index contributed by atoms with van der Waals surface area (Å²) in [6.07, 6.45) is 3.23. The van der Waals surface area contributed by atoms with Crippen molar-refractivity contribution in [2.45, 2.75) is 37.8 Å². The average Bonchev–Trinajstić information content (AvgIpc) is 2.49. The van der Waals surface area contributed by atoms with Crippen LogP contribution >= 0.6 is 0 Å². The molecule has 0 aliphatic carbocycles. The van der Waals surface area contributed by atoms with Crippen molar-refractivity contribution in [2.75, 3.05) is 33.7 Å². The molecule has 1 aliphatic rings. The van der Waals surface area contributed by atoms with Crippen molar-refractivity contribution >= 4 is 0 Å². The summed E-state index contributed by atoms with van der Waals surface area (Å²) in [5.41, 5.74) is 7.15. The summed E-state index contributed by atoms with van der Waals surface area (Å²) in [6, 6.07) is 7.37. The molecule has 1 atom stereocenters. The molecule has 1 aromatic carbocycles. The first-order valence-corrected chi connectivity index (χ1v) is 7.80. The van der Waals surface area contributed by atoms with E-state index in [0.717, 1.165) is 25.1 Å². The fourth-order valence-corrected chi connectivity index (χ4v) is 3.21. The molecule has 2 N–H and O–H groups in total. The number of halogens is 1. The van der Waals surface area contributed by atoms with Gasteiger partial charge in [-0.2, -0.15) is 0 Å². The highest BCUT2D eigenvalue weighted by molar-refractivity contribution is 5.19. The molecule has 0 saturated carbocycles. The van der Waals surface area contributed by atoms with E-state index in [4.69, 9.17) is 5.73 Å². The molecule has 0 amide bonds. The quantitative estimate of drug-likeness (QED) is 0.902.